The summed E-state index contributed by atoms with van der Waals surface area (Å²) in [5.74, 6) is -0.824. The highest BCUT2D eigenvalue weighted by atomic mass is 35.5. The van der Waals surface area contributed by atoms with Crippen LogP contribution in [0.3, 0.4) is 0 Å². The second-order valence-electron chi connectivity index (χ2n) is 6.09. The summed E-state index contributed by atoms with van der Waals surface area (Å²) in [5.41, 5.74) is 2.04. The van der Waals surface area contributed by atoms with Crippen molar-refractivity contribution in [1.29, 1.82) is 0 Å². The Morgan fingerprint density at radius 3 is 2.70 bits per heavy atom. The molecule has 0 aromatic heterocycles. The quantitative estimate of drug-likeness (QED) is 0.821. The van der Waals surface area contributed by atoms with E-state index in [1.54, 1.807) is 19.2 Å². The number of carbonyl (C=O) groups excluding carboxylic acids is 2. The Kier molecular flexibility index (Phi) is 5.82. The van der Waals surface area contributed by atoms with Crippen LogP contribution in [-0.2, 0) is 9.59 Å². The molecule has 3 rings (SSSR count). The standard InChI is InChI=1S/C19H17ClFN3O2S/c1-11-3-4-12(20)9-15(11)23-17(25)10-16-18(26)24(2)19(27-16)22-14-7-5-13(21)6-8-14/h3-9,16H,10H2,1-2H3,(H,23,25)/t16-/m0/s1. The highest BCUT2D eigenvalue weighted by Gasteiger charge is 2.37. The molecule has 1 atom stereocenters. The van der Waals surface area contributed by atoms with Crippen molar-refractivity contribution in [3.8, 4) is 0 Å². The van der Waals surface area contributed by atoms with E-state index in [0.717, 1.165) is 5.56 Å². The molecule has 1 aliphatic heterocycles. The van der Waals surface area contributed by atoms with Crippen LogP contribution in [0.5, 0.6) is 0 Å². The number of hydrogen-bond acceptors (Lipinski definition) is 4. The van der Waals surface area contributed by atoms with Crippen LogP contribution in [0.25, 0.3) is 0 Å². The van der Waals surface area contributed by atoms with Crippen LogP contribution in [0.15, 0.2) is 47.5 Å². The molecule has 2 aromatic carbocycles. The van der Waals surface area contributed by atoms with Crippen LogP contribution < -0.4 is 5.32 Å². The van der Waals surface area contributed by atoms with E-state index in [1.807, 2.05) is 13.0 Å². The fourth-order valence-corrected chi connectivity index (χ4v) is 3.85. The van der Waals surface area contributed by atoms with E-state index >= 15 is 0 Å². The van der Waals surface area contributed by atoms with Gasteiger partial charge >= 0.3 is 0 Å². The molecule has 27 heavy (non-hydrogen) atoms. The molecule has 0 aliphatic carbocycles. The number of nitrogens with zero attached hydrogens (tertiary/aromatic N) is 2. The topological polar surface area (TPSA) is 61.8 Å². The van der Waals surface area contributed by atoms with E-state index < -0.39 is 5.25 Å². The molecule has 0 spiro atoms. The van der Waals surface area contributed by atoms with Crippen LogP contribution in [-0.4, -0.2) is 34.2 Å². The molecule has 1 saturated heterocycles. The van der Waals surface area contributed by atoms with E-state index in [0.29, 0.717) is 21.6 Å². The highest BCUT2D eigenvalue weighted by molar-refractivity contribution is 8.15. The molecular formula is C19H17ClFN3O2S. The molecule has 5 nitrogen and oxygen atoms in total. The summed E-state index contributed by atoms with van der Waals surface area (Å²) in [4.78, 5) is 30.6. The summed E-state index contributed by atoms with van der Waals surface area (Å²) in [7, 11) is 1.61. The number of nitrogens with one attached hydrogen (secondary N) is 1. The Morgan fingerprint density at radius 2 is 2.00 bits per heavy atom. The molecule has 1 N–H and O–H groups in total. The molecule has 0 saturated carbocycles. The van der Waals surface area contributed by atoms with Crippen molar-refractivity contribution in [3.05, 3.63) is 58.9 Å². The van der Waals surface area contributed by atoms with Gasteiger partial charge in [0.05, 0.1) is 5.69 Å². The smallest absolute Gasteiger partial charge is 0.242 e. The number of benzene rings is 2. The minimum atomic E-state index is -0.561. The van der Waals surface area contributed by atoms with E-state index in [4.69, 9.17) is 11.6 Å². The van der Waals surface area contributed by atoms with Crippen molar-refractivity contribution < 1.29 is 14.0 Å². The number of aliphatic imine (C=N–C) groups is 1. The summed E-state index contributed by atoms with van der Waals surface area (Å²) < 4.78 is 13.0. The van der Waals surface area contributed by atoms with E-state index in [-0.39, 0.29) is 24.1 Å². The van der Waals surface area contributed by atoms with Crippen LogP contribution in [0.2, 0.25) is 5.02 Å². The third-order valence-corrected chi connectivity index (χ3v) is 5.50. The molecular weight excluding hydrogens is 389 g/mol. The van der Waals surface area contributed by atoms with Gasteiger partial charge < -0.3 is 5.32 Å². The lowest BCUT2D eigenvalue weighted by molar-refractivity contribution is -0.127. The van der Waals surface area contributed by atoms with Crippen LogP contribution >= 0.6 is 23.4 Å². The first-order chi connectivity index (χ1) is 12.8. The number of hydrogen-bond donors (Lipinski definition) is 1. The van der Waals surface area contributed by atoms with Crippen molar-refractivity contribution in [1.82, 2.24) is 4.90 Å². The maximum atomic E-state index is 13.0. The number of halogens is 2. The van der Waals surface area contributed by atoms with Crippen LogP contribution in [0, 0.1) is 12.7 Å². The number of aryl methyl sites for hydroxylation is 1. The lowest BCUT2D eigenvalue weighted by atomic mass is 10.2. The van der Waals surface area contributed by atoms with Crippen molar-refractivity contribution in [2.75, 3.05) is 12.4 Å². The Morgan fingerprint density at radius 1 is 1.30 bits per heavy atom. The van der Waals surface area contributed by atoms with Crippen molar-refractivity contribution >= 4 is 51.7 Å². The predicted octanol–water partition coefficient (Wildman–Crippen LogP) is 4.38. The van der Waals surface area contributed by atoms with Gasteiger partial charge in [0, 0.05) is 24.2 Å². The summed E-state index contributed by atoms with van der Waals surface area (Å²) in [6.45, 7) is 1.86. The lowest BCUT2D eigenvalue weighted by Crippen LogP contribution is -2.30. The number of amidine groups is 1. The molecule has 1 fully saturated rings. The highest BCUT2D eigenvalue weighted by Crippen LogP contribution is 2.31. The fraction of sp³-hybridized carbons (Fsp3) is 0.211. The van der Waals surface area contributed by atoms with Gasteiger partial charge in [0.15, 0.2) is 5.17 Å². The molecule has 2 aromatic rings. The van der Waals surface area contributed by atoms with Gasteiger partial charge in [-0.25, -0.2) is 9.38 Å². The van der Waals surface area contributed by atoms with Crippen molar-refractivity contribution in [2.45, 2.75) is 18.6 Å². The van der Waals surface area contributed by atoms with E-state index in [1.165, 1.54) is 40.9 Å². The molecule has 0 radical (unpaired) electrons. The number of anilines is 1. The Labute approximate surface area is 165 Å². The summed E-state index contributed by atoms with van der Waals surface area (Å²) in [5, 5.41) is 3.23. The summed E-state index contributed by atoms with van der Waals surface area (Å²) >= 11 is 7.18. The summed E-state index contributed by atoms with van der Waals surface area (Å²) in [6, 6.07) is 10.9. The van der Waals surface area contributed by atoms with Gasteiger partial charge in [-0.2, -0.15) is 0 Å². The van der Waals surface area contributed by atoms with Gasteiger partial charge in [0.25, 0.3) is 0 Å². The molecule has 8 heteroatoms. The van der Waals surface area contributed by atoms with E-state index in [9.17, 15) is 14.0 Å². The van der Waals surface area contributed by atoms with Gasteiger partial charge in [-0.05, 0) is 48.9 Å². The maximum absolute atomic E-state index is 13.0. The van der Waals surface area contributed by atoms with Gasteiger partial charge in [0.1, 0.15) is 11.1 Å². The zero-order valence-electron chi connectivity index (χ0n) is 14.7. The normalized spacial score (nSPS) is 18.2. The zero-order valence-corrected chi connectivity index (χ0v) is 16.3. The average molecular weight is 406 g/mol. The number of amides is 2. The minimum Gasteiger partial charge on any atom is -0.326 e. The third kappa shape index (κ3) is 4.67. The second-order valence-corrected chi connectivity index (χ2v) is 7.69. The van der Waals surface area contributed by atoms with Gasteiger partial charge in [-0.3, -0.25) is 14.5 Å². The SMILES string of the molecule is Cc1ccc(Cl)cc1NC(=O)C[C@@H]1SC(=Nc2ccc(F)cc2)N(C)C1=O. The number of carbonyl (C=O) groups is 2. The monoisotopic (exact) mass is 405 g/mol. The van der Waals surface area contributed by atoms with Crippen LogP contribution in [0.1, 0.15) is 12.0 Å². The molecule has 0 unspecified atom stereocenters. The first-order valence-electron chi connectivity index (χ1n) is 8.18. The maximum Gasteiger partial charge on any atom is 0.242 e. The third-order valence-electron chi connectivity index (χ3n) is 4.04. The molecule has 0 bridgehead atoms. The minimum absolute atomic E-state index is 0.0161. The second kappa shape index (κ2) is 8.10. The first-order valence-corrected chi connectivity index (χ1v) is 9.44. The van der Waals surface area contributed by atoms with Crippen molar-refractivity contribution in [3.63, 3.8) is 0 Å². The molecule has 2 amide bonds. The summed E-state index contributed by atoms with van der Waals surface area (Å²) in [6.07, 6.45) is 0.0161. The van der Waals surface area contributed by atoms with Gasteiger partial charge in [-0.1, -0.05) is 29.4 Å². The molecule has 1 aliphatic rings. The average Bonchev–Trinajstić information content (AvgIpc) is 2.88. The van der Waals surface area contributed by atoms with Gasteiger partial charge in [-0.15, -0.1) is 0 Å². The largest absolute Gasteiger partial charge is 0.326 e. The Bertz CT molecular complexity index is 918. The van der Waals surface area contributed by atoms with Crippen LogP contribution in [0.4, 0.5) is 15.8 Å². The van der Waals surface area contributed by atoms with Gasteiger partial charge in [0.2, 0.25) is 11.8 Å². The van der Waals surface area contributed by atoms with Crippen molar-refractivity contribution in [2.24, 2.45) is 4.99 Å². The number of thioether (sulfide) groups is 1. The molecule has 140 valence electrons. The Balaban J connectivity index is 1.68. The zero-order chi connectivity index (χ0) is 19.6. The number of rotatable bonds is 4. The molecule has 1 heterocycles. The first kappa shape index (κ1) is 19.4. The Hall–Kier alpha value is -2.38. The lowest BCUT2D eigenvalue weighted by Gasteiger charge is -2.11. The fourth-order valence-electron chi connectivity index (χ4n) is 2.52. The van der Waals surface area contributed by atoms with E-state index in [2.05, 4.69) is 10.3 Å². The predicted molar refractivity (Wildman–Crippen MR) is 107 cm³/mol.